The van der Waals surface area contributed by atoms with Crippen LogP contribution in [0.4, 0.5) is 10.5 Å². The Morgan fingerprint density at radius 2 is 1.76 bits per heavy atom. The molecule has 0 radical (unpaired) electrons. The summed E-state index contributed by atoms with van der Waals surface area (Å²) in [7, 11) is 0. The van der Waals surface area contributed by atoms with Gasteiger partial charge in [0.2, 0.25) is 0 Å². The van der Waals surface area contributed by atoms with Crippen LogP contribution in [-0.2, 0) is 16.1 Å². The molecule has 0 unspecified atom stereocenters. The van der Waals surface area contributed by atoms with E-state index >= 15 is 0 Å². The third kappa shape index (κ3) is 5.99. The van der Waals surface area contributed by atoms with Crippen molar-refractivity contribution in [1.29, 1.82) is 0 Å². The number of nitrogens with one attached hydrogen (secondary N) is 1. The van der Waals surface area contributed by atoms with E-state index in [9.17, 15) is 14.4 Å². The number of nitrogens with zero attached hydrogens (tertiary/aromatic N) is 1. The first kappa shape index (κ1) is 23.9. The summed E-state index contributed by atoms with van der Waals surface area (Å²) in [4.78, 5) is 38.9. The summed E-state index contributed by atoms with van der Waals surface area (Å²) >= 11 is 12.8. The molecule has 1 aliphatic heterocycles. The molecular weight excluding hydrogens is 495 g/mol. The Hall–Kier alpha value is -3.26. The lowest BCUT2D eigenvalue weighted by atomic mass is 10.2. The first-order valence-electron chi connectivity index (χ1n) is 10.2. The van der Waals surface area contributed by atoms with Crippen molar-refractivity contribution in [2.24, 2.45) is 0 Å². The van der Waals surface area contributed by atoms with Gasteiger partial charge in [-0.1, -0.05) is 59.6 Å². The van der Waals surface area contributed by atoms with E-state index in [0.717, 1.165) is 17.3 Å². The fourth-order valence-corrected chi connectivity index (χ4v) is 4.30. The van der Waals surface area contributed by atoms with Crippen LogP contribution < -0.4 is 10.1 Å². The van der Waals surface area contributed by atoms with Gasteiger partial charge in [0.05, 0.1) is 22.2 Å². The minimum Gasteiger partial charge on any atom is -0.484 e. The summed E-state index contributed by atoms with van der Waals surface area (Å²) in [6.45, 7) is -0.0465. The van der Waals surface area contributed by atoms with Crippen LogP contribution in [0, 0.1) is 0 Å². The third-order valence-corrected chi connectivity index (χ3v) is 6.29. The number of carbonyl (C=O) groups excluding carboxylic acids is 3. The van der Waals surface area contributed by atoms with Crippen molar-refractivity contribution >= 4 is 63.8 Å². The number of carbonyl (C=O) groups is 3. The van der Waals surface area contributed by atoms with E-state index in [2.05, 4.69) is 5.32 Å². The topological polar surface area (TPSA) is 75.7 Å². The molecule has 0 atom stereocenters. The minimum atomic E-state index is -0.365. The number of benzene rings is 3. The SMILES string of the molecule is O=C(COc1cccc(/C=C2\SC(=O)N(Cc3ccc(Cl)cc3)C2=O)c1)Nc1ccccc1Cl. The van der Waals surface area contributed by atoms with E-state index in [1.165, 1.54) is 4.90 Å². The van der Waals surface area contributed by atoms with E-state index in [0.29, 0.717) is 32.0 Å². The standard InChI is InChI=1S/C25H18Cl2N2O4S/c26-18-10-8-16(9-11-18)14-29-24(31)22(34-25(29)32)13-17-4-3-5-19(12-17)33-15-23(30)28-21-7-2-1-6-20(21)27/h1-13H,14-15H2,(H,28,30)/b22-13-. The van der Waals surface area contributed by atoms with Gasteiger partial charge in [-0.2, -0.15) is 0 Å². The van der Waals surface area contributed by atoms with Crippen LogP contribution in [0.2, 0.25) is 10.0 Å². The maximum absolute atomic E-state index is 12.8. The molecule has 0 spiro atoms. The molecule has 1 N–H and O–H groups in total. The summed E-state index contributed by atoms with van der Waals surface area (Å²) in [5.41, 5.74) is 1.97. The number of thioether (sulfide) groups is 1. The van der Waals surface area contributed by atoms with Crippen molar-refractivity contribution in [2.75, 3.05) is 11.9 Å². The summed E-state index contributed by atoms with van der Waals surface area (Å²) in [5, 5.41) is 3.37. The average molecular weight is 513 g/mol. The highest BCUT2D eigenvalue weighted by Gasteiger charge is 2.34. The van der Waals surface area contributed by atoms with Gasteiger partial charge in [-0.3, -0.25) is 19.3 Å². The Kier molecular flexibility index (Phi) is 7.57. The molecule has 172 valence electrons. The van der Waals surface area contributed by atoms with Gasteiger partial charge in [-0.15, -0.1) is 0 Å². The molecule has 1 aliphatic rings. The molecule has 3 aromatic carbocycles. The fraction of sp³-hybridized carbons (Fsp3) is 0.0800. The summed E-state index contributed by atoms with van der Waals surface area (Å²) in [5.74, 6) is -0.277. The Bertz CT molecular complexity index is 1280. The number of anilines is 1. The quantitative estimate of drug-likeness (QED) is 0.378. The molecular formula is C25H18Cl2N2O4S. The van der Waals surface area contributed by atoms with E-state index in [-0.39, 0.29) is 30.2 Å². The monoisotopic (exact) mass is 512 g/mol. The normalized spacial score (nSPS) is 14.5. The van der Waals surface area contributed by atoms with Crippen LogP contribution in [0.3, 0.4) is 0 Å². The molecule has 0 aliphatic carbocycles. The molecule has 0 aromatic heterocycles. The van der Waals surface area contributed by atoms with Crippen molar-refractivity contribution < 1.29 is 19.1 Å². The van der Waals surface area contributed by atoms with Crippen LogP contribution in [-0.4, -0.2) is 28.6 Å². The molecule has 3 aromatic rings. The summed E-state index contributed by atoms with van der Waals surface area (Å²) in [6.07, 6.45) is 1.63. The Morgan fingerprint density at radius 1 is 1.00 bits per heavy atom. The highest BCUT2D eigenvalue weighted by Crippen LogP contribution is 2.33. The fourth-order valence-electron chi connectivity index (χ4n) is 3.15. The lowest BCUT2D eigenvalue weighted by molar-refractivity contribution is -0.123. The molecule has 0 bridgehead atoms. The van der Waals surface area contributed by atoms with Gasteiger partial charge in [0.15, 0.2) is 6.61 Å². The smallest absolute Gasteiger partial charge is 0.293 e. The number of rotatable bonds is 7. The van der Waals surface area contributed by atoms with Gasteiger partial charge in [-0.05, 0) is 65.4 Å². The van der Waals surface area contributed by atoms with Gasteiger partial charge in [0.25, 0.3) is 17.1 Å². The lowest BCUT2D eigenvalue weighted by Crippen LogP contribution is -2.27. The van der Waals surface area contributed by atoms with E-state index in [4.69, 9.17) is 27.9 Å². The molecule has 9 heteroatoms. The predicted molar refractivity (Wildman–Crippen MR) is 135 cm³/mol. The summed E-state index contributed by atoms with van der Waals surface area (Å²) in [6, 6.07) is 20.8. The first-order valence-corrected chi connectivity index (χ1v) is 11.7. The number of hydrogen-bond acceptors (Lipinski definition) is 5. The van der Waals surface area contributed by atoms with Crippen LogP contribution in [0.5, 0.6) is 5.75 Å². The second kappa shape index (κ2) is 10.8. The zero-order valence-electron chi connectivity index (χ0n) is 17.7. The number of imide groups is 1. The van der Waals surface area contributed by atoms with Crippen LogP contribution >= 0.6 is 35.0 Å². The Morgan fingerprint density at radius 3 is 2.53 bits per heavy atom. The van der Waals surface area contributed by atoms with Crippen molar-refractivity contribution in [1.82, 2.24) is 4.90 Å². The number of halogens is 2. The largest absolute Gasteiger partial charge is 0.484 e. The molecule has 4 rings (SSSR count). The maximum Gasteiger partial charge on any atom is 0.293 e. The van der Waals surface area contributed by atoms with E-state index in [1.54, 1.807) is 78.9 Å². The van der Waals surface area contributed by atoms with Gasteiger partial charge in [0, 0.05) is 5.02 Å². The number of amides is 3. The molecule has 1 fully saturated rings. The lowest BCUT2D eigenvalue weighted by Gasteiger charge is -2.12. The Balaban J connectivity index is 1.39. The van der Waals surface area contributed by atoms with Gasteiger partial charge in [-0.25, -0.2) is 0 Å². The molecule has 6 nitrogen and oxygen atoms in total. The summed E-state index contributed by atoms with van der Waals surface area (Å²) < 4.78 is 5.58. The van der Waals surface area contributed by atoms with Crippen LogP contribution in [0.1, 0.15) is 11.1 Å². The maximum atomic E-state index is 12.8. The van der Waals surface area contributed by atoms with Crippen molar-refractivity contribution in [2.45, 2.75) is 6.54 Å². The average Bonchev–Trinajstić information content (AvgIpc) is 3.08. The molecule has 0 saturated carbocycles. The molecule has 1 heterocycles. The van der Waals surface area contributed by atoms with Gasteiger partial charge >= 0.3 is 0 Å². The first-order chi connectivity index (χ1) is 16.4. The number of ether oxygens (including phenoxy) is 1. The van der Waals surface area contributed by atoms with Gasteiger partial charge < -0.3 is 10.1 Å². The van der Waals surface area contributed by atoms with E-state index in [1.807, 2.05) is 0 Å². The molecule has 1 saturated heterocycles. The second-order valence-corrected chi connectivity index (χ2v) is 9.12. The van der Waals surface area contributed by atoms with E-state index < -0.39 is 0 Å². The predicted octanol–water partition coefficient (Wildman–Crippen LogP) is 6.25. The van der Waals surface area contributed by atoms with Crippen LogP contribution in [0.25, 0.3) is 6.08 Å². The number of para-hydroxylation sites is 1. The third-order valence-electron chi connectivity index (χ3n) is 4.80. The second-order valence-electron chi connectivity index (χ2n) is 7.28. The Labute approximate surface area is 210 Å². The van der Waals surface area contributed by atoms with Crippen molar-refractivity contribution in [3.05, 3.63) is 98.9 Å². The van der Waals surface area contributed by atoms with Crippen molar-refractivity contribution in [3.8, 4) is 5.75 Å². The minimum absolute atomic E-state index is 0.170. The highest BCUT2D eigenvalue weighted by molar-refractivity contribution is 8.18. The highest BCUT2D eigenvalue weighted by atomic mass is 35.5. The molecule has 3 amide bonds. The zero-order chi connectivity index (χ0) is 24.1. The number of hydrogen-bond donors (Lipinski definition) is 1. The van der Waals surface area contributed by atoms with Crippen molar-refractivity contribution in [3.63, 3.8) is 0 Å². The zero-order valence-corrected chi connectivity index (χ0v) is 20.0. The van der Waals surface area contributed by atoms with Gasteiger partial charge in [0.1, 0.15) is 5.75 Å². The van der Waals surface area contributed by atoms with Crippen LogP contribution in [0.15, 0.2) is 77.7 Å². The molecule has 34 heavy (non-hydrogen) atoms.